The van der Waals surface area contributed by atoms with Gasteiger partial charge in [-0.1, -0.05) is 44.2 Å². The molecule has 1 aromatic heterocycles. The van der Waals surface area contributed by atoms with Crippen LogP contribution in [0.3, 0.4) is 0 Å². The summed E-state index contributed by atoms with van der Waals surface area (Å²) in [5.41, 5.74) is 4.19. The monoisotopic (exact) mass is 313 g/mol. The zero-order valence-corrected chi connectivity index (χ0v) is 13.9. The lowest BCUT2D eigenvalue weighted by atomic mass is 9.79. The van der Waals surface area contributed by atoms with E-state index in [1.54, 1.807) is 4.68 Å². The molecule has 0 spiro atoms. The van der Waals surface area contributed by atoms with Crippen LogP contribution in [0.2, 0.25) is 0 Å². The van der Waals surface area contributed by atoms with E-state index in [1.807, 2.05) is 18.2 Å². The quantitative estimate of drug-likeness (QED) is 0.941. The third-order valence-corrected chi connectivity index (χ3v) is 4.70. The minimum Gasteiger partial charge on any atom is -0.480 e. The highest BCUT2D eigenvalue weighted by Crippen LogP contribution is 2.35. The zero-order chi connectivity index (χ0) is 16.6. The Bertz CT molecular complexity index is 719. The molecule has 5 nitrogen and oxygen atoms in total. The number of carboxylic acid groups (broad SMARTS) is 1. The van der Waals surface area contributed by atoms with Crippen molar-refractivity contribution in [1.29, 1.82) is 0 Å². The molecule has 1 aromatic carbocycles. The summed E-state index contributed by atoms with van der Waals surface area (Å²) in [7, 11) is 2.09. The molecule has 1 aliphatic heterocycles. The van der Waals surface area contributed by atoms with Gasteiger partial charge in [0.05, 0.1) is 5.69 Å². The number of aromatic nitrogens is 2. The summed E-state index contributed by atoms with van der Waals surface area (Å²) in [4.78, 5) is 13.4. The highest BCUT2D eigenvalue weighted by atomic mass is 16.4. The summed E-state index contributed by atoms with van der Waals surface area (Å²) in [6.07, 6.45) is 0.844. The molecule has 23 heavy (non-hydrogen) atoms. The second-order valence-corrected chi connectivity index (χ2v) is 6.80. The van der Waals surface area contributed by atoms with Crippen LogP contribution in [0, 0.1) is 0 Å². The van der Waals surface area contributed by atoms with Crippen LogP contribution >= 0.6 is 0 Å². The van der Waals surface area contributed by atoms with E-state index in [0.717, 1.165) is 30.9 Å². The number of hydrogen-bond donors (Lipinski definition) is 1. The van der Waals surface area contributed by atoms with Gasteiger partial charge in [0.1, 0.15) is 6.54 Å². The van der Waals surface area contributed by atoms with Crippen LogP contribution in [0.1, 0.15) is 36.4 Å². The smallest absolute Gasteiger partial charge is 0.325 e. The van der Waals surface area contributed by atoms with Crippen molar-refractivity contribution in [3.05, 3.63) is 52.8 Å². The number of fused-ring (bicyclic) bond motifs is 1. The van der Waals surface area contributed by atoms with Crippen molar-refractivity contribution in [3.63, 3.8) is 0 Å². The minimum atomic E-state index is -0.849. The largest absolute Gasteiger partial charge is 0.480 e. The van der Waals surface area contributed by atoms with Gasteiger partial charge in [0.25, 0.3) is 0 Å². The number of rotatable bonds is 4. The van der Waals surface area contributed by atoms with Crippen molar-refractivity contribution >= 4 is 5.97 Å². The second-order valence-electron chi connectivity index (χ2n) is 6.80. The summed E-state index contributed by atoms with van der Waals surface area (Å²) in [5.74, 6) is -0.849. The molecule has 0 fully saturated rings. The van der Waals surface area contributed by atoms with E-state index in [0.29, 0.717) is 0 Å². The zero-order valence-electron chi connectivity index (χ0n) is 13.9. The van der Waals surface area contributed by atoms with E-state index < -0.39 is 5.97 Å². The average Bonchev–Trinajstić information content (AvgIpc) is 2.86. The third kappa shape index (κ3) is 2.88. The minimum absolute atomic E-state index is 0.0725. The van der Waals surface area contributed by atoms with Crippen molar-refractivity contribution in [2.75, 3.05) is 13.6 Å². The molecule has 0 saturated carbocycles. The van der Waals surface area contributed by atoms with E-state index in [1.165, 1.54) is 11.1 Å². The van der Waals surface area contributed by atoms with E-state index in [4.69, 9.17) is 5.10 Å². The van der Waals surface area contributed by atoms with Crippen molar-refractivity contribution in [2.24, 2.45) is 0 Å². The average molecular weight is 313 g/mol. The van der Waals surface area contributed by atoms with Gasteiger partial charge >= 0.3 is 5.97 Å². The normalized spacial score (nSPS) is 15.4. The lowest BCUT2D eigenvalue weighted by molar-refractivity contribution is -0.137. The first-order valence-electron chi connectivity index (χ1n) is 7.94. The topological polar surface area (TPSA) is 58.4 Å². The Morgan fingerprint density at radius 3 is 2.65 bits per heavy atom. The standard InChI is InChI=1S/C18H23N3O2/c1-18(2,13-7-5-4-6-8-13)17-14-11-20(3)10-9-15(14)21(19-17)12-16(22)23/h4-8H,9-12H2,1-3H3,(H,22,23). The predicted molar refractivity (Wildman–Crippen MR) is 88.5 cm³/mol. The Morgan fingerprint density at radius 1 is 1.30 bits per heavy atom. The number of likely N-dealkylation sites (N-methyl/N-ethyl adjacent to an activating group) is 1. The van der Waals surface area contributed by atoms with Gasteiger partial charge in [0.15, 0.2) is 0 Å². The Labute approximate surface area is 136 Å². The maximum absolute atomic E-state index is 11.2. The molecule has 1 aliphatic rings. The third-order valence-electron chi connectivity index (χ3n) is 4.70. The molecular formula is C18H23N3O2. The number of hydrogen-bond acceptors (Lipinski definition) is 3. The Kier molecular flexibility index (Phi) is 3.98. The van der Waals surface area contributed by atoms with Gasteiger partial charge in [-0.05, 0) is 12.6 Å². The fourth-order valence-corrected chi connectivity index (χ4v) is 3.38. The molecule has 0 unspecified atom stereocenters. The number of benzene rings is 1. The van der Waals surface area contributed by atoms with Gasteiger partial charge in [0.2, 0.25) is 0 Å². The first-order chi connectivity index (χ1) is 10.9. The van der Waals surface area contributed by atoms with E-state index >= 15 is 0 Å². The molecule has 0 amide bonds. The molecule has 122 valence electrons. The maximum atomic E-state index is 11.2. The number of nitrogens with zero attached hydrogens (tertiary/aromatic N) is 3. The molecule has 0 aliphatic carbocycles. The molecule has 0 saturated heterocycles. The summed E-state index contributed by atoms with van der Waals surface area (Å²) in [6, 6.07) is 10.3. The number of carboxylic acids is 1. The Balaban J connectivity index is 2.11. The molecule has 2 heterocycles. The predicted octanol–water partition coefficient (Wildman–Crippen LogP) is 2.28. The Morgan fingerprint density at radius 2 is 2.00 bits per heavy atom. The van der Waals surface area contributed by atoms with Crippen molar-refractivity contribution in [3.8, 4) is 0 Å². The van der Waals surface area contributed by atoms with E-state index in [2.05, 4.69) is 37.9 Å². The summed E-state index contributed by atoms with van der Waals surface area (Å²) in [5, 5.41) is 13.9. The molecule has 0 bridgehead atoms. The molecule has 5 heteroatoms. The number of aliphatic carboxylic acids is 1. The highest BCUT2D eigenvalue weighted by Gasteiger charge is 2.33. The lowest BCUT2D eigenvalue weighted by Crippen LogP contribution is -2.30. The van der Waals surface area contributed by atoms with Gasteiger partial charge in [-0.2, -0.15) is 5.10 Å². The van der Waals surface area contributed by atoms with Crippen molar-refractivity contribution in [1.82, 2.24) is 14.7 Å². The van der Waals surface area contributed by atoms with Gasteiger partial charge in [0, 0.05) is 36.2 Å². The molecule has 2 aromatic rings. The van der Waals surface area contributed by atoms with Crippen LogP contribution in [0.15, 0.2) is 30.3 Å². The van der Waals surface area contributed by atoms with Gasteiger partial charge < -0.3 is 10.0 Å². The van der Waals surface area contributed by atoms with Crippen LogP contribution in [-0.2, 0) is 29.7 Å². The van der Waals surface area contributed by atoms with Gasteiger partial charge in [-0.25, -0.2) is 0 Å². The van der Waals surface area contributed by atoms with Crippen LogP contribution in [0.4, 0.5) is 0 Å². The van der Waals surface area contributed by atoms with Crippen LogP contribution in [0.25, 0.3) is 0 Å². The van der Waals surface area contributed by atoms with E-state index in [9.17, 15) is 9.90 Å². The molecule has 3 rings (SSSR count). The Hall–Kier alpha value is -2.14. The lowest BCUT2D eigenvalue weighted by Gasteiger charge is -2.28. The summed E-state index contributed by atoms with van der Waals surface area (Å²) in [6.45, 7) is 6.00. The highest BCUT2D eigenvalue weighted by molar-refractivity contribution is 5.66. The molecular weight excluding hydrogens is 290 g/mol. The van der Waals surface area contributed by atoms with E-state index in [-0.39, 0.29) is 12.0 Å². The van der Waals surface area contributed by atoms with Crippen LogP contribution in [-0.4, -0.2) is 39.3 Å². The first kappa shape index (κ1) is 15.7. The van der Waals surface area contributed by atoms with Crippen molar-refractivity contribution < 1.29 is 9.90 Å². The second kappa shape index (κ2) is 5.81. The van der Waals surface area contributed by atoms with Crippen LogP contribution < -0.4 is 0 Å². The maximum Gasteiger partial charge on any atom is 0.325 e. The molecule has 0 radical (unpaired) electrons. The molecule has 0 atom stereocenters. The van der Waals surface area contributed by atoms with Gasteiger partial charge in [-0.3, -0.25) is 9.48 Å². The fraction of sp³-hybridized carbons (Fsp3) is 0.444. The first-order valence-corrected chi connectivity index (χ1v) is 7.94. The molecule has 1 N–H and O–H groups in total. The SMILES string of the molecule is CN1CCc2c(c(C(C)(C)c3ccccc3)nn2CC(=O)O)C1. The summed E-state index contributed by atoms with van der Waals surface area (Å²) < 4.78 is 1.69. The fourth-order valence-electron chi connectivity index (χ4n) is 3.38. The summed E-state index contributed by atoms with van der Waals surface area (Å²) >= 11 is 0. The van der Waals surface area contributed by atoms with Crippen LogP contribution in [0.5, 0.6) is 0 Å². The van der Waals surface area contributed by atoms with Crippen molar-refractivity contribution in [2.45, 2.75) is 38.8 Å². The number of carbonyl (C=O) groups is 1. The van der Waals surface area contributed by atoms with Gasteiger partial charge in [-0.15, -0.1) is 0 Å².